The molecule has 1 aliphatic carbocycles. The summed E-state index contributed by atoms with van der Waals surface area (Å²) in [7, 11) is -0.106. The molecule has 0 unspecified atom stereocenters. The Bertz CT molecular complexity index is 2510. The molecule has 2 aromatic heterocycles. The standard InChI is InChI=1S/C44H52F3N7O7S2/c1-25(2)34-24-62-40(50-34)33-21-37(31-18-19-36(60-6)26(3)38(31)49-33)61-30-20-35-39(55)51-43(42(57)52-63(58,59)53(4)5)22-28(43)12-10-8-7-9-11-13-32(41(56)54(35)23-30)48-29-16-14-27(15-17-29)44(45,46)47/h10,12,14-19,21,24-25,28,30,32,35,48H,7-9,11,13,20,22-23H2,1-6H3,(H,51,55)(H,52,57)/b12-10-/t28-,30-,32+,35+,43-/m1/s1. The van der Waals surface area contributed by atoms with Gasteiger partial charge in [-0.15, -0.1) is 11.3 Å². The Morgan fingerprint density at radius 1 is 1.06 bits per heavy atom. The smallest absolute Gasteiger partial charge is 0.416 e. The zero-order chi connectivity index (χ0) is 45.4. The first-order valence-electron chi connectivity index (χ1n) is 20.9. The van der Waals surface area contributed by atoms with E-state index in [-0.39, 0.29) is 31.0 Å². The van der Waals surface area contributed by atoms with Gasteiger partial charge in [0.25, 0.3) is 5.91 Å². The molecule has 0 spiro atoms. The second-order valence-electron chi connectivity index (χ2n) is 16.8. The number of carbonyl (C=O) groups is 3. The van der Waals surface area contributed by atoms with Crippen molar-refractivity contribution >= 4 is 55.9 Å². The molecule has 0 bridgehead atoms. The van der Waals surface area contributed by atoms with Crippen molar-refractivity contribution < 1.29 is 45.4 Å². The van der Waals surface area contributed by atoms with Crippen LogP contribution in [0.3, 0.4) is 0 Å². The number of hydrogen-bond acceptors (Lipinski definition) is 11. The van der Waals surface area contributed by atoms with Crippen LogP contribution >= 0.6 is 11.3 Å². The Morgan fingerprint density at radius 3 is 2.48 bits per heavy atom. The van der Waals surface area contributed by atoms with Crippen molar-refractivity contribution in [2.75, 3.05) is 33.1 Å². The first-order chi connectivity index (χ1) is 29.8. The highest BCUT2D eigenvalue weighted by molar-refractivity contribution is 7.87. The summed E-state index contributed by atoms with van der Waals surface area (Å²) in [5.41, 5.74) is 0.679. The highest BCUT2D eigenvalue weighted by atomic mass is 32.2. The molecule has 7 rings (SSSR count). The maximum absolute atomic E-state index is 14.9. The van der Waals surface area contributed by atoms with E-state index < -0.39 is 69.3 Å². The van der Waals surface area contributed by atoms with Crippen molar-refractivity contribution in [3.63, 3.8) is 0 Å². The van der Waals surface area contributed by atoms with Crippen LogP contribution in [0.15, 0.2) is 60.0 Å². The molecule has 4 heterocycles. The number of alkyl halides is 3. The van der Waals surface area contributed by atoms with Crippen LogP contribution in [0.2, 0.25) is 0 Å². The average molecular weight is 912 g/mol. The molecule has 2 aliphatic heterocycles. The summed E-state index contributed by atoms with van der Waals surface area (Å²) < 4.78 is 81.4. The van der Waals surface area contributed by atoms with Gasteiger partial charge in [0, 0.05) is 54.5 Å². The number of fused-ring (bicyclic) bond motifs is 3. The highest BCUT2D eigenvalue weighted by Crippen LogP contribution is 2.46. The number of thiazole rings is 1. The Labute approximate surface area is 368 Å². The number of anilines is 1. The van der Waals surface area contributed by atoms with Gasteiger partial charge >= 0.3 is 16.4 Å². The Kier molecular flexibility index (Phi) is 13.1. The summed E-state index contributed by atoms with van der Waals surface area (Å²) in [4.78, 5) is 54.6. The van der Waals surface area contributed by atoms with Gasteiger partial charge in [-0.1, -0.05) is 38.8 Å². The molecule has 2 fully saturated rings. The molecular formula is C44H52F3N7O7S2. The van der Waals surface area contributed by atoms with Gasteiger partial charge in [-0.3, -0.25) is 14.4 Å². The van der Waals surface area contributed by atoms with Crippen LogP contribution in [0, 0.1) is 12.8 Å². The molecule has 63 heavy (non-hydrogen) atoms. The average Bonchev–Trinajstić information content (AvgIpc) is 3.51. The third-order valence-corrected chi connectivity index (χ3v) is 14.2. The zero-order valence-electron chi connectivity index (χ0n) is 35.9. The number of rotatable bonds is 10. The fourth-order valence-corrected chi connectivity index (χ4v) is 9.62. The number of amides is 3. The minimum atomic E-state index is -4.55. The fourth-order valence-electron chi connectivity index (χ4n) is 8.08. The number of aryl methyl sites for hydroxylation is 1. The van der Waals surface area contributed by atoms with E-state index in [1.54, 1.807) is 19.2 Å². The van der Waals surface area contributed by atoms with Crippen molar-refractivity contribution in [2.45, 2.75) is 102 Å². The molecule has 2 aromatic carbocycles. The quantitative estimate of drug-likeness (QED) is 0.141. The molecule has 1 saturated heterocycles. The lowest BCUT2D eigenvalue weighted by molar-refractivity contribution is -0.140. The van der Waals surface area contributed by atoms with Crippen molar-refractivity contribution in [3.05, 3.63) is 76.8 Å². The molecule has 3 amide bonds. The van der Waals surface area contributed by atoms with Crippen LogP contribution in [-0.2, 0) is 30.8 Å². The lowest BCUT2D eigenvalue weighted by atomic mass is 10.0. The van der Waals surface area contributed by atoms with Crippen molar-refractivity contribution in [1.29, 1.82) is 0 Å². The molecule has 19 heteroatoms. The number of hydrogen-bond donors (Lipinski definition) is 3. The van der Waals surface area contributed by atoms with Gasteiger partial charge in [-0.05, 0) is 74.9 Å². The van der Waals surface area contributed by atoms with E-state index in [0.717, 1.165) is 34.1 Å². The summed E-state index contributed by atoms with van der Waals surface area (Å²) in [6, 6.07) is 7.70. The highest BCUT2D eigenvalue weighted by Gasteiger charge is 2.61. The molecular weight excluding hydrogens is 860 g/mol. The molecule has 1 saturated carbocycles. The lowest BCUT2D eigenvalue weighted by Crippen LogP contribution is -2.58. The van der Waals surface area contributed by atoms with Crippen LogP contribution in [0.4, 0.5) is 18.9 Å². The van der Waals surface area contributed by atoms with E-state index in [4.69, 9.17) is 19.4 Å². The zero-order valence-corrected chi connectivity index (χ0v) is 37.5. The Balaban J connectivity index is 1.26. The maximum atomic E-state index is 14.9. The van der Waals surface area contributed by atoms with Gasteiger partial charge in [-0.2, -0.15) is 25.9 Å². The second kappa shape index (κ2) is 18.1. The first kappa shape index (κ1) is 45.7. The number of ether oxygens (including phenoxy) is 2. The van der Waals surface area contributed by atoms with Crippen LogP contribution < -0.4 is 24.8 Å². The minimum Gasteiger partial charge on any atom is -0.496 e. The third kappa shape index (κ3) is 9.79. The van der Waals surface area contributed by atoms with Crippen LogP contribution in [0.1, 0.15) is 81.5 Å². The molecule has 338 valence electrons. The molecule has 4 aromatic rings. The summed E-state index contributed by atoms with van der Waals surface area (Å²) >= 11 is 1.45. The van der Waals surface area contributed by atoms with Crippen molar-refractivity contribution in [3.8, 4) is 22.2 Å². The summed E-state index contributed by atoms with van der Waals surface area (Å²) in [5, 5.41) is 9.31. The second-order valence-corrected chi connectivity index (χ2v) is 19.6. The van der Waals surface area contributed by atoms with Crippen molar-refractivity contribution in [2.24, 2.45) is 5.92 Å². The SMILES string of the molecule is COc1ccc2c(O[C@@H]3C[C@H]4C(=O)N[C@]5(C(=O)NS(=O)(=O)N(C)C)C[C@H]5/C=C\CCCCC[C@H](Nc5ccc(C(F)(F)F)cc5)C(=O)N4C3)cc(-c3nc(C(C)C)cs3)nc2c1C. The number of aromatic nitrogens is 2. The van der Waals surface area contributed by atoms with E-state index in [1.807, 2.05) is 30.5 Å². The third-order valence-electron chi connectivity index (χ3n) is 11.9. The Hall–Kier alpha value is -5.27. The normalized spacial score (nSPS) is 24.0. The maximum Gasteiger partial charge on any atom is 0.416 e. The molecule has 5 atom stereocenters. The summed E-state index contributed by atoms with van der Waals surface area (Å²) in [6.45, 7) is 5.92. The van der Waals surface area contributed by atoms with E-state index in [2.05, 4.69) is 29.2 Å². The summed E-state index contributed by atoms with van der Waals surface area (Å²) in [5.74, 6) is -1.36. The van der Waals surface area contributed by atoms with Gasteiger partial charge in [0.05, 0.1) is 30.4 Å². The predicted molar refractivity (Wildman–Crippen MR) is 234 cm³/mol. The van der Waals surface area contributed by atoms with E-state index in [0.29, 0.717) is 58.8 Å². The predicted octanol–water partition coefficient (Wildman–Crippen LogP) is 6.96. The van der Waals surface area contributed by atoms with Gasteiger partial charge in [0.2, 0.25) is 11.8 Å². The number of nitrogens with one attached hydrogen (secondary N) is 3. The molecule has 0 radical (unpaired) electrons. The summed E-state index contributed by atoms with van der Waals surface area (Å²) in [6.07, 6.45) is 1.50. The fraction of sp³-hybridized carbons (Fsp3) is 0.477. The number of allylic oxidation sites excluding steroid dienone is 1. The largest absolute Gasteiger partial charge is 0.496 e. The number of nitrogens with zero attached hydrogens (tertiary/aromatic N) is 4. The van der Waals surface area contributed by atoms with E-state index in [1.165, 1.54) is 42.5 Å². The number of pyridine rings is 1. The minimum absolute atomic E-state index is 0.0121. The first-order valence-corrected chi connectivity index (χ1v) is 23.2. The number of methoxy groups -OCH3 is 1. The topological polar surface area (TPSA) is 172 Å². The van der Waals surface area contributed by atoms with Crippen molar-refractivity contribution in [1.82, 2.24) is 29.2 Å². The molecule has 3 aliphatic rings. The van der Waals surface area contributed by atoms with Crippen LogP contribution in [0.5, 0.6) is 11.5 Å². The van der Waals surface area contributed by atoms with Gasteiger partial charge in [0.15, 0.2) is 0 Å². The molecule has 14 nitrogen and oxygen atoms in total. The Morgan fingerprint density at radius 2 is 1.81 bits per heavy atom. The van der Waals surface area contributed by atoms with E-state index >= 15 is 0 Å². The lowest BCUT2D eigenvalue weighted by Gasteiger charge is -2.30. The van der Waals surface area contributed by atoms with Gasteiger partial charge in [0.1, 0.15) is 45.9 Å². The number of benzene rings is 2. The van der Waals surface area contributed by atoms with E-state index in [9.17, 15) is 36.0 Å². The monoisotopic (exact) mass is 911 g/mol. The number of carbonyl (C=O) groups excluding carboxylic acids is 3. The van der Waals surface area contributed by atoms with Crippen LogP contribution in [0.25, 0.3) is 21.6 Å². The van der Waals surface area contributed by atoms with Gasteiger partial charge < -0.3 is 25.0 Å². The molecule has 3 N–H and O–H groups in total. The van der Waals surface area contributed by atoms with Gasteiger partial charge in [-0.25, -0.2) is 14.7 Å². The number of halogens is 3. The van der Waals surface area contributed by atoms with Crippen LogP contribution in [-0.4, -0.2) is 96.8 Å².